The van der Waals surface area contributed by atoms with E-state index in [0.717, 1.165) is 18.2 Å². The standard InChI is InChI=1S/C11H9BrF2O2/c1-6(3-11(15)16-2)7-4-10(14)8(12)5-9(7)13/h3-5H,1-2H3/b6-3-. The van der Waals surface area contributed by atoms with Crippen molar-refractivity contribution in [2.75, 3.05) is 7.11 Å². The topological polar surface area (TPSA) is 26.3 Å². The zero-order valence-corrected chi connectivity index (χ0v) is 10.3. The third kappa shape index (κ3) is 2.88. The van der Waals surface area contributed by atoms with Crippen molar-refractivity contribution in [2.24, 2.45) is 0 Å². The van der Waals surface area contributed by atoms with Crippen molar-refractivity contribution in [1.82, 2.24) is 0 Å². The number of ether oxygens (including phenoxy) is 1. The highest BCUT2D eigenvalue weighted by Crippen LogP contribution is 2.24. The van der Waals surface area contributed by atoms with E-state index in [0.29, 0.717) is 5.57 Å². The molecule has 0 aliphatic heterocycles. The van der Waals surface area contributed by atoms with E-state index in [1.165, 1.54) is 14.0 Å². The van der Waals surface area contributed by atoms with Crippen LogP contribution in [0.5, 0.6) is 0 Å². The lowest BCUT2D eigenvalue weighted by Crippen LogP contribution is -1.97. The third-order valence-corrected chi connectivity index (χ3v) is 2.58. The number of carbonyl (C=O) groups is 1. The molecule has 0 saturated heterocycles. The van der Waals surface area contributed by atoms with Crippen molar-refractivity contribution in [3.8, 4) is 0 Å². The summed E-state index contributed by atoms with van der Waals surface area (Å²) in [5, 5.41) is 0. The van der Waals surface area contributed by atoms with Gasteiger partial charge in [0, 0.05) is 11.6 Å². The Hall–Kier alpha value is -1.23. The maximum Gasteiger partial charge on any atom is 0.330 e. The molecular formula is C11H9BrF2O2. The van der Waals surface area contributed by atoms with Crippen LogP contribution in [-0.2, 0) is 9.53 Å². The molecule has 5 heteroatoms. The lowest BCUT2D eigenvalue weighted by Gasteiger charge is -2.05. The summed E-state index contributed by atoms with van der Waals surface area (Å²) < 4.78 is 31.1. The molecule has 0 amide bonds. The van der Waals surface area contributed by atoms with E-state index in [2.05, 4.69) is 20.7 Å². The maximum absolute atomic E-state index is 13.4. The molecule has 1 aromatic carbocycles. The number of allylic oxidation sites excluding steroid dienone is 1. The molecule has 86 valence electrons. The fourth-order valence-electron chi connectivity index (χ4n) is 1.14. The van der Waals surface area contributed by atoms with Gasteiger partial charge in [0.25, 0.3) is 0 Å². The van der Waals surface area contributed by atoms with Gasteiger partial charge < -0.3 is 4.74 Å². The van der Waals surface area contributed by atoms with Crippen LogP contribution in [0.25, 0.3) is 5.57 Å². The van der Waals surface area contributed by atoms with Crippen LogP contribution >= 0.6 is 15.9 Å². The molecule has 1 rings (SSSR count). The van der Waals surface area contributed by atoms with Gasteiger partial charge >= 0.3 is 5.97 Å². The molecule has 0 aromatic heterocycles. The summed E-state index contributed by atoms with van der Waals surface area (Å²) in [6.07, 6.45) is 1.10. The first-order chi connectivity index (χ1) is 7.45. The molecular weight excluding hydrogens is 282 g/mol. The van der Waals surface area contributed by atoms with E-state index in [9.17, 15) is 13.6 Å². The van der Waals surface area contributed by atoms with Gasteiger partial charge in [-0.05, 0) is 40.6 Å². The summed E-state index contributed by atoms with van der Waals surface area (Å²) in [6.45, 7) is 1.50. The molecule has 0 spiro atoms. The number of hydrogen-bond donors (Lipinski definition) is 0. The number of esters is 1. The van der Waals surface area contributed by atoms with Crippen LogP contribution in [0.1, 0.15) is 12.5 Å². The minimum Gasteiger partial charge on any atom is -0.466 e. The Kier molecular flexibility index (Phi) is 4.18. The number of halogens is 3. The van der Waals surface area contributed by atoms with E-state index >= 15 is 0 Å². The number of methoxy groups -OCH3 is 1. The molecule has 0 bridgehead atoms. The molecule has 0 heterocycles. The molecule has 16 heavy (non-hydrogen) atoms. The van der Waals surface area contributed by atoms with Crippen molar-refractivity contribution in [3.05, 3.63) is 39.9 Å². The largest absolute Gasteiger partial charge is 0.466 e. The predicted molar refractivity (Wildman–Crippen MR) is 59.7 cm³/mol. The molecule has 0 unspecified atom stereocenters. The van der Waals surface area contributed by atoms with Crippen LogP contribution < -0.4 is 0 Å². The molecule has 0 fully saturated rings. The molecule has 0 radical (unpaired) electrons. The van der Waals surface area contributed by atoms with E-state index in [4.69, 9.17) is 0 Å². The van der Waals surface area contributed by atoms with Gasteiger partial charge in [-0.2, -0.15) is 0 Å². The van der Waals surface area contributed by atoms with Crippen molar-refractivity contribution >= 4 is 27.5 Å². The van der Waals surface area contributed by atoms with Crippen molar-refractivity contribution in [2.45, 2.75) is 6.92 Å². The van der Waals surface area contributed by atoms with Crippen LogP contribution in [0.3, 0.4) is 0 Å². The van der Waals surface area contributed by atoms with Gasteiger partial charge in [-0.1, -0.05) is 0 Å². The third-order valence-electron chi connectivity index (χ3n) is 1.97. The molecule has 1 aromatic rings. The Bertz CT molecular complexity index is 456. The fraction of sp³-hybridized carbons (Fsp3) is 0.182. The van der Waals surface area contributed by atoms with Gasteiger partial charge in [0.2, 0.25) is 0 Å². The van der Waals surface area contributed by atoms with Gasteiger partial charge in [0.15, 0.2) is 0 Å². The summed E-state index contributed by atoms with van der Waals surface area (Å²) in [5.74, 6) is -1.81. The number of carbonyl (C=O) groups excluding carboxylic acids is 1. The van der Waals surface area contributed by atoms with Crippen molar-refractivity contribution in [1.29, 1.82) is 0 Å². The van der Waals surface area contributed by atoms with Gasteiger partial charge in [-0.15, -0.1) is 0 Å². The summed E-state index contributed by atoms with van der Waals surface area (Å²) in [7, 11) is 1.21. The second-order valence-electron chi connectivity index (χ2n) is 3.10. The second kappa shape index (κ2) is 5.21. The molecule has 0 aliphatic rings. The Balaban J connectivity index is 3.18. The first-order valence-corrected chi connectivity index (χ1v) is 5.16. The van der Waals surface area contributed by atoms with Crippen LogP contribution in [0.15, 0.2) is 22.7 Å². The fourth-order valence-corrected chi connectivity index (χ4v) is 1.45. The first kappa shape index (κ1) is 12.8. The minimum atomic E-state index is -0.611. The quantitative estimate of drug-likeness (QED) is 0.475. The Morgan fingerprint density at radius 3 is 2.56 bits per heavy atom. The maximum atomic E-state index is 13.4. The minimum absolute atomic E-state index is 0.0334. The van der Waals surface area contributed by atoms with Crippen molar-refractivity contribution < 1.29 is 18.3 Å². The highest BCUT2D eigenvalue weighted by molar-refractivity contribution is 9.10. The SMILES string of the molecule is COC(=O)/C=C(/C)c1cc(F)c(Br)cc1F. The van der Waals surface area contributed by atoms with E-state index in [1.54, 1.807) is 0 Å². The summed E-state index contributed by atoms with van der Waals surface area (Å²) in [6, 6.07) is 2.04. The highest BCUT2D eigenvalue weighted by Gasteiger charge is 2.10. The Morgan fingerprint density at radius 1 is 1.38 bits per heavy atom. The van der Waals surface area contributed by atoms with E-state index in [-0.39, 0.29) is 10.0 Å². The van der Waals surface area contributed by atoms with Gasteiger partial charge in [-0.3, -0.25) is 0 Å². The van der Waals surface area contributed by atoms with Crippen LogP contribution in [0.4, 0.5) is 8.78 Å². The zero-order chi connectivity index (χ0) is 12.3. The Morgan fingerprint density at radius 2 is 2.00 bits per heavy atom. The average molecular weight is 291 g/mol. The molecule has 0 aliphatic carbocycles. The lowest BCUT2D eigenvalue weighted by molar-refractivity contribution is -0.134. The van der Waals surface area contributed by atoms with Crippen LogP contribution in [0.2, 0.25) is 0 Å². The van der Waals surface area contributed by atoms with Gasteiger partial charge in [-0.25, -0.2) is 13.6 Å². The van der Waals surface area contributed by atoms with E-state index < -0.39 is 17.6 Å². The zero-order valence-electron chi connectivity index (χ0n) is 8.68. The summed E-state index contributed by atoms with van der Waals surface area (Å²) >= 11 is 2.87. The van der Waals surface area contributed by atoms with E-state index in [1.807, 2.05) is 0 Å². The molecule has 0 atom stereocenters. The summed E-state index contributed by atoms with van der Waals surface area (Å²) in [4.78, 5) is 10.9. The second-order valence-corrected chi connectivity index (χ2v) is 3.95. The molecule has 0 saturated carbocycles. The summed E-state index contributed by atoms with van der Waals surface area (Å²) in [5.41, 5.74) is 0.335. The predicted octanol–water partition coefficient (Wildman–Crippen LogP) is 3.30. The number of hydrogen-bond acceptors (Lipinski definition) is 2. The monoisotopic (exact) mass is 290 g/mol. The first-order valence-electron chi connectivity index (χ1n) is 4.37. The van der Waals surface area contributed by atoms with Crippen molar-refractivity contribution in [3.63, 3.8) is 0 Å². The molecule has 2 nitrogen and oxygen atoms in total. The highest BCUT2D eigenvalue weighted by atomic mass is 79.9. The number of rotatable bonds is 2. The normalized spacial score (nSPS) is 11.4. The Labute approximate surface area is 100 Å². The van der Waals surface area contributed by atoms with Crippen LogP contribution in [0, 0.1) is 11.6 Å². The smallest absolute Gasteiger partial charge is 0.330 e. The van der Waals surface area contributed by atoms with Gasteiger partial charge in [0.05, 0.1) is 11.6 Å². The van der Waals surface area contributed by atoms with Gasteiger partial charge in [0.1, 0.15) is 11.6 Å². The van der Waals surface area contributed by atoms with Crippen LogP contribution in [-0.4, -0.2) is 13.1 Å². The lowest BCUT2D eigenvalue weighted by atomic mass is 10.1. The average Bonchev–Trinajstić information content (AvgIpc) is 2.23. The number of benzene rings is 1. The molecule has 0 N–H and O–H groups in total.